The van der Waals surface area contributed by atoms with E-state index in [0.29, 0.717) is 7.92 Å². The van der Waals surface area contributed by atoms with Gasteiger partial charge in [-0.3, -0.25) is 0 Å². The van der Waals surface area contributed by atoms with Crippen LogP contribution in [0.2, 0.25) is 0 Å². The molecule has 2 saturated carbocycles. The first kappa shape index (κ1) is 11.9. The van der Waals surface area contributed by atoms with E-state index in [4.69, 9.17) is 0 Å². The highest BCUT2D eigenvalue weighted by molar-refractivity contribution is 7.59. The van der Waals surface area contributed by atoms with Gasteiger partial charge in [0.25, 0.3) is 0 Å². The normalized spacial score (nSPS) is 26.0. The van der Waals surface area contributed by atoms with E-state index < -0.39 is 0 Å². The van der Waals surface area contributed by atoms with Crippen LogP contribution in [0.3, 0.4) is 0 Å². The van der Waals surface area contributed by atoms with Crippen LogP contribution in [0, 0.1) is 0 Å². The first-order valence-electron chi connectivity index (χ1n) is 7.17. The Balaban J connectivity index is 1.88. The minimum atomic E-state index is 0.405. The standard InChI is InChI=1S/C14H27P/c1-2-15(13-9-5-3-6-10-13)14-11-7-4-8-12-14/h13-14H,2-12H2,1H3. The van der Waals surface area contributed by atoms with Crippen LogP contribution < -0.4 is 0 Å². The van der Waals surface area contributed by atoms with E-state index in [1.54, 1.807) is 25.7 Å². The van der Waals surface area contributed by atoms with Crippen LogP contribution in [0.15, 0.2) is 0 Å². The summed E-state index contributed by atoms with van der Waals surface area (Å²) in [7, 11) is 0.405. The Morgan fingerprint density at radius 1 is 0.733 bits per heavy atom. The Morgan fingerprint density at radius 2 is 1.13 bits per heavy atom. The Labute approximate surface area is 97.0 Å². The predicted molar refractivity (Wildman–Crippen MR) is 71.2 cm³/mol. The van der Waals surface area contributed by atoms with Crippen molar-refractivity contribution in [2.75, 3.05) is 6.16 Å². The molecule has 15 heavy (non-hydrogen) atoms. The lowest BCUT2D eigenvalue weighted by Gasteiger charge is -2.38. The first-order valence-corrected chi connectivity index (χ1v) is 8.84. The van der Waals surface area contributed by atoms with Crippen molar-refractivity contribution in [2.24, 2.45) is 0 Å². The Bertz CT molecular complexity index is 148. The van der Waals surface area contributed by atoms with Gasteiger partial charge in [-0.2, -0.15) is 0 Å². The fourth-order valence-electron chi connectivity index (χ4n) is 3.64. The molecule has 0 N–H and O–H groups in total. The van der Waals surface area contributed by atoms with Gasteiger partial charge in [0.05, 0.1) is 0 Å². The van der Waals surface area contributed by atoms with Gasteiger partial charge in [-0.25, -0.2) is 0 Å². The van der Waals surface area contributed by atoms with E-state index in [0.717, 1.165) is 0 Å². The summed E-state index contributed by atoms with van der Waals surface area (Å²) in [6.45, 7) is 2.47. The minimum absolute atomic E-state index is 0.405. The van der Waals surface area contributed by atoms with Gasteiger partial charge in [-0.15, -0.1) is 7.92 Å². The van der Waals surface area contributed by atoms with Crippen molar-refractivity contribution in [3.8, 4) is 0 Å². The van der Waals surface area contributed by atoms with Gasteiger partial charge in [0.1, 0.15) is 0 Å². The van der Waals surface area contributed by atoms with Crippen molar-refractivity contribution in [3.05, 3.63) is 0 Å². The first-order chi connectivity index (χ1) is 7.42. The fourth-order valence-corrected chi connectivity index (χ4v) is 7.33. The summed E-state index contributed by atoms with van der Waals surface area (Å²) in [6, 6.07) is 0. The van der Waals surface area contributed by atoms with Gasteiger partial charge in [0.2, 0.25) is 0 Å². The molecule has 0 saturated heterocycles. The molecule has 0 atom stereocenters. The summed E-state index contributed by atoms with van der Waals surface area (Å²) >= 11 is 0. The van der Waals surface area contributed by atoms with Crippen molar-refractivity contribution in [1.29, 1.82) is 0 Å². The third-order valence-corrected chi connectivity index (χ3v) is 8.09. The van der Waals surface area contributed by atoms with E-state index in [1.165, 1.54) is 56.0 Å². The van der Waals surface area contributed by atoms with Crippen molar-refractivity contribution < 1.29 is 0 Å². The number of rotatable bonds is 3. The largest absolute Gasteiger partial charge is 0.101 e. The molecule has 0 unspecified atom stereocenters. The molecule has 0 spiro atoms. The van der Waals surface area contributed by atoms with E-state index in [2.05, 4.69) is 6.92 Å². The van der Waals surface area contributed by atoms with Gasteiger partial charge in [0, 0.05) is 0 Å². The summed E-state index contributed by atoms with van der Waals surface area (Å²) in [6.07, 6.45) is 17.0. The molecule has 0 bridgehead atoms. The highest BCUT2D eigenvalue weighted by Gasteiger charge is 2.29. The molecule has 0 aromatic carbocycles. The lowest BCUT2D eigenvalue weighted by Crippen LogP contribution is -2.21. The molecule has 0 aliphatic heterocycles. The topological polar surface area (TPSA) is 0 Å². The molecule has 2 fully saturated rings. The van der Waals surface area contributed by atoms with Gasteiger partial charge < -0.3 is 0 Å². The molecule has 0 nitrogen and oxygen atoms in total. The van der Waals surface area contributed by atoms with Crippen LogP contribution in [-0.2, 0) is 0 Å². The third-order valence-electron chi connectivity index (χ3n) is 4.45. The Kier molecular flexibility index (Phi) is 4.95. The summed E-state index contributed by atoms with van der Waals surface area (Å²) in [4.78, 5) is 0. The Hall–Kier alpha value is 0.430. The zero-order valence-corrected chi connectivity index (χ0v) is 11.3. The average molecular weight is 226 g/mol. The molecule has 1 heteroatoms. The van der Waals surface area contributed by atoms with Gasteiger partial charge in [-0.1, -0.05) is 45.4 Å². The molecular weight excluding hydrogens is 199 g/mol. The quantitative estimate of drug-likeness (QED) is 0.583. The second kappa shape index (κ2) is 6.24. The van der Waals surface area contributed by atoms with Crippen LogP contribution in [0.5, 0.6) is 0 Å². The van der Waals surface area contributed by atoms with E-state index in [1.807, 2.05) is 0 Å². The highest BCUT2D eigenvalue weighted by Crippen LogP contribution is 2.55. The zero-order valence-electron chi connectivity index (χ0n) is 10.4. The predicted octanol–water partition coefficient (Wildman–Crippen LogP) is 5.15. The molecule has 0 amide bonds. The molecule has 0 heterocycles. The van der Waals surface area contributed by atoms with Crippen molar-refractivity contribution in [1.82, 2.24) is 0 Å². The fraction of sp³-hybridized carbons (Fsp3) is 1.00. The third kappa shape index (κ3) is 3.19. The number of hydrogen-bond donors (Lipinski definition) is 0. The van der Waals surface area contributed by atoms with E-state index in [9.17, 15) is 0 Å². The molecule has 0 aromatic heterocycles. The second-order valence-corrected chi connectivity index (χ2v) is 8.54. The molecule has 0 aromatic rings. The smallest absolute Gasteiger partial charge is 0.0207 e. The lowest BCUT2D eigenvalue weighted by molar-refractivity contribution is 0.484. The molecular formula is C14H27P. The lowest BCUT2D eigenvalue weighted by atomic mass is 9.99. The second-order valence-electron chi connectivity index (χ2n) is 5.41. The zero-order chi connectivity index (χ0) is 10.5. The molecule has 0 radical (unpaired) electrons. The van der Waals surface area contributed by atoms with Gasteiger partial charge >= 0.3 is 0 Å². The van der Waals surface area contributed by atoms with Crippen LogP contribution in [-0.4, -0.2) is 17.5 Å². The SMILES string of the molecule is CCP(C1CCCCC1)C1CCCCC1. The Morgan fingerprint density at radius 3 is 1.47 bits per heavy atom. The van der Waals surface area contributed by atoms with Crippen LogP contribution in [0.4, 0.5) is 0 Å². The van der Waals surface area contributed by atoms with Crippen molar-refractivity contribution >= 4 is 7.92 Å². The van der Waals surface area contributed by atoms with Crippen LogP contribution >= 0.6 is 7.92 Å². The summed E-state index contributed by atoms with van der Waals surface area (Å²) in [5.74, 6) is 0. The molecule has 2 aliphatic carbocycles. The summed E-state index contributed by atoms with van der Waals surface area (Å²) < 4.78 is 0. The highest BCUT2D eigenvalue weighted by atomic mass is 31.1. The van der Waals surface area contributed by atoms with E-state index >= 15 is 0 Å². The maximum atomic E-state index is 2.47. The number of hydrogen-bond acceptors (Lipinski definition) is 0. The molecule has 2 rings (SSSR count). The minimum Gasteiger partial charge on any atom is -0.101 e. The van der Waals surface area contributed by atoms with Gasteiger partial charge in [-0.05, 0) is 43.2 Å². The van der Waals surface area contributed by atoms with Gasteiger partial charge in [0.15, 0.2) is 0 Å². The van der Waals surface area contributed by atoms with Crippen LogP contribution in [0.25, 0.3) is 0 Å². The van der Waals surface area contributed by atoms with Crippen molar-refractivity contribution in [3.63, 3.8) is 0 Å². The van der Waals surface area contributed by atoms with E-state index in [-0.39, 0.29) is 0 Å². The monoisotopic (exact) mass is 226 g/mol. The maximum absolute atomic E-state index is 2.47. The molecule has 88 valence electrons. The summed E-state index contributed by atoms with van der Waals surface area (Å²) in [5, 5.41) is 0. The van der Waals surface area contributed by atoms with Crippen molar-refractivity contribution in [2.45, 2.75) is 82.4 Å². The molecule has 2 aliphatic rings. The average Bonchev–Trinajstić information content (AvgIpc) is 2.33. The van der Waals surface area contributed by atoms with Crippen LogP contribution in [0.1, 0.15) is 71.1 Å². The maximum Gasteiger partial charge on any atom is -0.0207 e. The summed E-state index contributed by atoms with van der Waals surface area (Å²) in [5.41, 5.74) is 2.34.